The van der Waals surface area contributed by atoms with Crippen molar-refractivity contribution in [2.45, 2.75) is 6.54 Å². The van der Waals surface area contributed by atoms with Gasteiger partial charge in [0, 0.05) is 32.4 Å². The van der Waals surface area contributed by atoms with E-state index < -0.39 is 0 Å². The number of aromatic nitrogens is 2. The van der Waals surface area contributed by atoms with E-state index in [1.165, 1.54) is 0 Å². The average Bonchev–Trinajstić information content (AvgIpc) is 2.92. The Morgan fingerprint density at radius 1 is 1.38 bits per heavy atom. The second-order valence-corrected chi connectivity index (χ2v) is 4.70. The highest BCUT2D eigenvalue weighted by Gasteiger charge is 2.15. The predicted octanol–water partition coefficient (Wildman–Crippen LogP) is 1.00. The summed E-state index contributed by atoms with van der Waals surface area (Å²) < 4.78 is 1.61. The second-order valence-electron chi connectivity index (χ2n) is 4.70. The first kappa shape index (κ1) is 14.8. The summed E-state index contributed by atoms with van der Waals surface area (Å²) in [7, 11) is 3.54. The molecule has 1 aromatic heterocycles. The molecule has 1 amide bonds. The highest BCUT2D eigenvalue weighted by molar-refractivity contribution is 5.92. The third-order valence-corrected chi connectivity index (χ3v) is 3.03. The van der Waals surface area contributed by atoms with Crippen LogP contribution in [0.3, 0.4) is 0 Å². The summed E-state index contributed by atoms with van der Waals surface area (Å²) in [4.78, 5) is 13.9. The molecule has 2 N–H and O–H groups in total. The molecule has 0 unspecified atom stereocenters. The maximum Gasteiger partial charge on any atom is 0.274 e. The molecule has 0 spiro atoms. The lowest BCUT2D eigenvalue weighted by atomic mass is 10.1. The molecular weight excluding hydrogens is 264 g/mol. The summed E-state index contributed by atoms with van der Waals surface area (Å²) in [6.45, 7) is 0.794. The topological polar surface area (TPSA) is 64.2 Å². The fourth-order valence-corrected chi connectivity index (χ4v) is 1.98. The van der Waals surface area contributed by atoms with E-state index in [2.05, 4.69) is 16.9 Å². The minimum absolute atomic E-state index is 0.114. The Labute approximate surface area is 124 Å². The van der Waals surface area contributed by atoms with Gasteiger partial charge in [0.1, 0.15) is 5.69 Å². The SMILES string of the molecule is CN(Cc1ccccc1C#CCN)C(=O)c1ccn(C)n1. The maximum atomic E-state index is 12.3. The van der Waals surface area contributed by atoms with Crippen LogP contribution in [-0.4, -0.2) is 34.2 Å². The van der Waals surface area contributed by atoms with Gasteiger partial charge in [-0.3, -0.25) is 9.48 Å². The van der Waals surface area contributed by atoms with Crippen molar-refractivity contribution in [1.29, 1.82) is 0 Å². The number of rotatable bonds is 3. The number of amides is 1. The molecule has 1 aromatic carbocycles. The lowest BCUT2D eigenvalue weighted by Crippen LogP contribution is -2.27. The molecule has 21 heavy (non-hydrogen) atoms. The summed E-state index contributed by atoms with van der Waals surface area (Å²) >= 11 is 0. The zero-order valence-electron chi connectivity index (χ0n) is 12.2. The third-order valence-electron chi connectivity index (χ3n) is 3.03. The second kappa shape index (κ2) is 6.73. The van der Waals surface area contributed by atoms with Crippen molar-refractivity contribution in [2.75, 3.05) is 13.6 Å². The van der Waals surface area contributed by atoms with Crippen LogP contribution < -0.4 is 5.73 Å². The number of carbonyl (C=O) groups is 1. The van der Waals surface area contributed by atoms with Crippen molar-refractivity contribution in [3.05, 3.63) is 53.3 Å². The number of hydrogen-bond acceptors (Lipinski definition) is 3. The van der Waals surface area contributed by atoms with Crippen LogP contribution in [0, 0.1) is 11.8 Å². The van der Waals surface area contributed by atoms with Gasteiger partial charge in [-0.15, -0.1) is 0 Å². The van der Waals surface area contributed by atoms with Crippen molar-refractivity contribution >= 4 is 5.91 Å². The van der Waals surface area contributed by atoms with Crippen molar-refractivity contribution in [1.82, 2.24) is 14.7 Å². The molecule has 0 radical (unpaired) electrons. The summed E-state index contributed by atoms with van der Waals surface area (Å²) in [6.07, 6.45) is 1.75. The van der Waals surface area contributed by atoms with Crippen LogP contribution in [0.4, 0.5) is 0 Å². The lowest BCUT2D eigenvalue weighted by Gasteiger charge is -2.17. The zero-order chi connectivity index (χ0) is 15.2. The number of benzene rings is 1. The molecule has 1 heterocycles. The van der Waals surface area contributed by atoms with E-state index in [4.69, 9.17) is 5.73 Å². The van der Waals surface area contributed by atoms with Crippen molar-refractivity contribution in [3.63, 3.8) is 0 Å². The third kappa shape index (κ3) is 3.71. The fraction of sp³-hybridized carbons (Fsp3) is 0.250. The molecule has 0 saturated heterocycles. The van der Waals surface area contributed by atoms with Gasteiger partial charge in [0.25, 0.3) is 5.91 Å². The molecule has 0 atom stereocenters. The van der Waals surface area contributed by atoms with Crippen LogP contribution in [0.1, 0.15) is 21.6 Å². The van der Waals surface area contributed by atoms with Gasteiger partial charge < -0.3 is 10.6 Å². The minimum Gasteiger partial charge on any atom is -0.336 e. The molecule has 5 nitrogen and oxygen atoms in total. The average molecular weight is 282 g/mol. The molecule has 2 rings (SSSR count). The van der Waals surface area contributed by atoms with Gasteiger partial charge in [0.2, 0.25) is 0 Å². The number of carbonyl (C=O) groups excluding carboxylic acids is 1. The van der Waals surface area contributed by atoms with E-state index in [0.717, 1.165) is 11.1 Å². The molecule has 5 heteroatoms. The molecule has 108 valence electrons. The Morgan fingerprint density at radius 2 is 2.14 bits per heavy atom. The summed E-state index contributed by atoms with van der Waals surface area (Å²) in [6, 6.07) is 9.45. The van der Waals surface area contributed by atoms with Gasteiger partial charge in [-0.05, 0) is 17.7 Å². The van der Waals surface area contributed by atoms with Crippen LogP contribution in [-0.2, 0) is 13.6 Å². The number of hydrogen-bond donors (Lipinski definition) is 1. The minimum atomic E-state index is -0.114. The molecular formula is C16H18N4O. The molecule has 0 aliphatic rings. The van der Waals surface area contributed by atoms with Gasteiger partial charge in [0.05, 0.1) is 6.54 Å². The molecule has 0 bridgehead atoms. The van der Waals surface area contributed by atoms with Gasteiger partial charge >= 0.3 is 0 Å². The Morgan fingerprint density at radius 3 is 2.81 bits per heavy atom. The van der Waals surface area contributed by atoms with Crippen LogP contribution >= 0.6 is 0 Å². The number of nitrogens with two attached hydrogens (primary N) is 1. The lowest BCUT2D eigenvalue weighted by molar-refractivity contribution is 0.0778. The highest BCUT2D eigenvalue weighted by atomic mass is 16.2. The van der Waals surface area contributed by atoms with E-state index in [9.17, 15) is 4.79 Å². The van der Waals surface area contributed by atoms with Crippen molar-refractivity contribution in [3.8, 4) is 11.8 Å². The molecule has 2 aromatic rings. The smallest absolute Gasteiger partial charge is 0.274 e. The first-order valence-electron chi connectivity index (χ1n) is 6.63. The fourth-order valence-electron chi connectivity index (χ4n) is 1.98. The highest BCUT2D eigenvalue weighted by Crippen LogP contribution is 2.11. The van der Waals surface area contributed by atoms with Gasteiger partial charge in [-0.25, -0.2) is 0 Å². The van der Waals surface area contributed by atoms with E-state index in [1.54, 1.807) is 35.9 Å². The van der Waals surface area contributed by atoms with E-state index in [1.807, 2.05) is 24.3 Å². The van der Waals surface area contributed by atoms with Crippen molar-refractivity contribution < 1.29 is 4.79 Å². The van der Waals surface area contributed by atoms with Crippen LogP contribution in [0.5, 0.6) is 0 Å². The zero-order valence-corrected chi connectivity index (χ0v) is 12.2. The maximum absolute atomic E-state index is 12.3. The Hall–Kier alpha value is -2.58. The number of nitrogens with zero attached hydrogens (tertiary/aromatic N) is 3. The van der Waals surface area contributed by atoms with Gasteiger partial charge in [-0.2, -0.15) is 5.10 Å². The molecule has 0 aliphatic heterocycles. The van der Waals surface area contributed by atoms with Crippen LogP contribution in [0.2, 0.25) is 0 Å². The van der Waals surface area contributed by atoms with E-state index >= 15 is 0 Å². The Balaban J connectivity index is 2.16. The molecule has 0 aliphatic carbocycles. The monoisotopic (exact) mass is 282 g/mol. The summed E-state index contributed by atoms with van der Waals surface area (Å²) in [5, 5.41) is 4.13. The summed E-state index contributed by atoms with van der Waals surface area (Å²) in [5.74, 6) is 5.76. The Kier molecular flexibility index (Phi) is 4.75. The molecule has 0 saturated carbocycles. The van der Waals surface area contributed by atoms with Crippen molar-refractivity contribution in [2.24, 2.45) is 12.8 Å². The van der Waals surface area contributed by atoms with Gasteiger partial charge in [0.15, 0.2) is 0 Å². The largest absolute Gasteiger partial charge is 0.336 e. The van der Waals surface area contributed by atoms with Gasteiger partial charge in [-0.1, -0.05) is 30.0 Å². The quantitative estimate of drug-likeness (QED) is 0.854. The normalized spacial score (nSPS) is 9.86. The standard InChI is InChI=1S/C16H18N4O/c1-19(16(21)15-9-11-20(2)18-15)12-14-7-4-3-6-13(14)8-5-10-17/h3-4,6-7,9,11H,10,12,17H2,1-2H3. The van der Waals surface area contributed by atoms with Crippen LogP contribution in [0.25, 0.3) is 0 Å². The predicted molar refractivity (Wildman–Crippen MR) is 81.4 cm³/mol. The first-order valence-corrected chi connectivity index (χ1v) is 6.63. The summed E-state index contributed by atoms with van der Waals surface area (Å²) in [5.41, 5.74) is 7.72. The van der Waals surface area contributed by atoms with E-state index in [-0.39, 0.29) is 5.91 Å². The Bertz CT molecular complexity index is 694. The molecule has 0 fully saturated rings. The van der Waals surface area contributed by atoms with E-state index in [0.29, 0.717) is 18.8 Å². The number of aryl methyl sites for hydroxylation is 1. The van der Waals surface area contributed by atoms with Crippen LogP contribution in [0.15, 0.2) is 36.5 Å². The first-order chi connectivity index (χ1) is 10.1.